The van der Waals surface area contributed by atoms with Crippen molar-refractivity contribution >= 4 is 32.9 Å². The lowest BCUT2D eigenvalue weighted by Crippen LogP contribution is -2.36. The predicted octanol–water partition coefficient (Wildman–Crippen LogP) is 0.555. The van der Waals surface area contributed by atoms with E-state index in [2.05, 4.69) is 5.32 Å². The van der Waals surface area contributed by atoms with E-state index < -0.39 is 9.84 Å². The van der Waals surface area contributed by atoms with Crippen molar-refractivity contribution < 1.29 is 13.2 Å². The highest BCUT2D eigenvalue weighted by Crippen LogP contribution is 2.31. The van der Waals surface area contributed by atoms with Gasteiger partial charge in [0.2, 0.25) is 0 Å². The lowest BCUT2D eigenvalue weighted by molar-refractivity contribution is 0.415. The van der Waals surface area contributed by atoms with Gasteiger partial charge in [0.05, 0.1) is 30.7 Å². The van der Waals surface area contributed by atoms with Crippen molar-refractivity contribution in [2.45, 2.75) is 12.1 Å². The van der Waals surface area contributed by atoms with Crippen LogP contribution in [0.3, 0.4) is 0 Å². The van der Waals surface area contributed by atoms with Gasteiger partial charge in [-0.1, -0.05) is 6.07 Å². The summed E-state index contributed by atoms with van der Waals surface area (Å²) in [6.07, 6.45) is 0. The Morgan fingerprint density at radius 2 is 2.21 bits per heavy atom. The molecule has 2 fully saturated rings. The maximum absolute atomic E-state index is 11.7. The molecule has 5 nitrogen and oxygen atoms in total. The zero-order valence-corrected chi connectivity index (χ0v) is 12.0. The van der Waals surface area contributed by atoms with Crippen LogP contribution < -0.4 is 15.0 Å². The molecular weight excluding hydrogens is 284 g/mol. The summed E-state index contributed by atoms with van der Waals surface area (Å²) in [4.78, 5) is 1.88. The summed E-state index contributed by atoms with van der Waals surface area (Å²) in [5.74, 6) is 1.02. The van der Waals surface area contributed by atoms with Crippen LogP contribution in [0.1, 0.15) is 0 Å². The van der Waals surface area contributed by atoms with E-state index in [4.69, 9.17) is 17.0 Å². The number of fused-ring (bicyclic) bond motifs is 1. The number of benzene rings is 1. The van der Waals surface area contributed by atoms with E-state index in [-0.39, 0.29) is 23.6 Å². The van der Waals surface area contributed by atoms with Crippen LogP contribution in [0.5, 0.6) is 5.75 Å². The molecule has 2 aliphatic rings. The van der Waals surface area contributed by atoms with Crippen LogP contribution in [0, 0.1) is 0 Å². The van der Waals surface area contributed by atoms with Gasteiger partial charge in [-0.3, -0.25) is 0 Å². The van der Waals surface area contributed by atoms with Crippen molar-refractivity contribution in [1.82, 2.24) is 5.32 Å². The van der Waals surface area contributed by atoms with Crippen LogP contribution in [0.2, 0.25) is 0 Å². The van der Waals surface area contributed by atoms with E-state index in [9.17, 15) is 8.42 Å². The van der Waals surface area contributed by atoms with Crippen LogP contribution in [0.15, 0.2) is 24.3 Å². The molecule has 102 valence electrons. The van der Waals surface area contributed by atoms with E-state index >= 15 is 0 Å². The Hall–Kier alpha value is -1.34. The van der Waals surface area contributed by atoms with Crippen LogP contribution in [-0.4, -0.2) is 44.2 Å². The summed E-state index contributed by atoms with van der Waals surface area (Å²) in [6.45, 7) is 0. The molecule has 0 spiro atoms. The average Bonchev–Trinajstić information content (AvgIpc) is 2.79. The molecule has 0 radical (unpaired) electrons. The zero-order chi connectivity index (χ0) is 13.6. The van der Waals surface area contributed by atoms with Crippen molar-refractivity contribution in [3.8, 4) is 5.75 Å². The van der Waals surface area contributed by atoms with Crippen molar-refractivity contribution in [1.29, 1.82) is 0 Å². The predicted molar refractivity (Wildman–Crippen MR) is 77.4 cm³/mol. The van der Waals surface area contributed by atoms with Gasteiger partial charge in [-0.2, -0.15) is 0 Å². The third kappa shape index (κ3) is 2.17. The second-order valence-corrected chi connectivity index (χ2v) is 7.31. The quantitative estimate of drug-likeness (QED) is 0.805. The number of nitrogens with zero attached hydrogens (tertiary/aromatic N) is 1. The van der Waals surface area contributed by atoms with Crippen LogP contribution in [0.4, 0.5) is 5.69 Å². The van der Waals surface area contributed by atoms with Gasteiger partial charge in [-0.05, 0) is 24.4 Å². The number of rotatable bonds is 2. The first-order valence-electron chi connectivity index (χ1n) is 5.94. The van der Waals surface area contributed by atoms with E-state index in [0.29, 0.717) is 5.11 Å². The highest BCUT2D eigenvalue weighted by Gasteiger charge is 2.47. The molecule has 1 N–H and O–H groups in total. The minimum atomic E-state index is -2.98. The number of anilines is 1. The van der Waals surface area contributed by atoms with Crippen LogP contribution in [-0.2, 0) is 9.84 Å². The van der Waals surface area contributed by atoms with Gasteiger partial charge >= 0.3 is 0 Å². The van der Waals surface area contributed by atoms with Crippen molar-refractivity contribution in [2.75, 3.05) is 23.5 Å². The van der Waals surface area contributed by atoms with Crippen molar-refractivity contribution in [3.05, 3.63) is 24.3 Å². The minimum absolute atomic E-state index is 0.108. The Balaban J connectivity index is 1.97. The second-order valence-electron chi connectivity index (χ2n) is 4.77. The minimum Gasteiger partial charge on any atom is -0.497 e. The molecular formula is C12H14N2O3S2. The Kier molecular flexibility index (Phi) is 2.90. The summed E-state index contributed by atoms with van der Waals surface area (Å²) >= 11 is 5.31. The standard InChI is InChI=1S/C12H14N2O3S2/c1-17-9-4-2-3-8(5-9)14-11-7-19(15,16)6-10(11)13-12(14)18/h2-5,10-11H,6-7H2,1H3,(H,13,18)/t10-,11-/m0/s1. The Morgan fingerprint density at radius 1 is 1.42 bits per heavy atom. The highest BCUT2D eigenvalue weighted by atomic mass is 32.2. The number of nitrogens with one attached hydrogen (secondary N) is 1. The molecule has 2 heterocycles. The van der Waals surface area contributed by atoms with Gasteiger partial charge in [0.15, 0.2) is 14.9 Å². The molecule has 1 aromatic rings. The maximum Gasteiger partial charge on any atom is 0.174 e. The fourth-order valence-corrected chi connectivity index (χ4v) is 4.95. The summed E-state index contributed by atoms with van der Waals surface area (Å²) in [5, 5.41) is 3.68. The van der Waals surface area contributed by atoms with Crippen molar-refractivity contribution in [3.63, 3.8) is 0 Å². The molecule has 0 bridgehead atoms. The SMILES string of the molecule is COc1cccc(N2C(=S)N[C@H]3CS(=O)(=O)C[C@@H]32)c1. The number of hydrogen-bond acceptors (Lipinski definition) is 4. The monoisotopic (exact) mass is 298 g/mol. The smallest absolute Gasteiger partial charge is 0.174 e. The third-order valence-electron chi connectivity index (χ3n) is 3.51. The molecule has 7 heteroatoms. The number of hydrogen-bond donors (Lipinski definition) is 1. The van der Waals surface area contributed by atoms with Gasteiger partial charge in [0.1, 0.15) is 5.75 Å². The number of sulfone groups is 1. The Labute approximate surface area is 117 Å². The number of thiocarbonyl (C=S) groups is 1. The molecule has 0 amide bonds. The highest BCUT2D eigenvalue weighted by molar-refractivity contribution is 7.91. The molecule has 2 aliphatic heterocycles. The normalized spacial score (nSPS) is 28.1. The first-order valence-corrected chi connectivity index (χ1v) is 8.17. The van der Waals surface area contributed by atoms with Gasteiger partial charge in [-0.25, -0.2) is 8.42 Å². The summed E-state index contributed by atoms with van der Waals surface area (Å²) in [5.41, 5.74) is 0.862. The Bertz CT molecular complexity index is 630. The van der Waals surface area contributed by atoms with Crippen molar-refractivity contribution in [2.24, 2.45) is 0 Å². The topological polar surface area (TPSA) is 58.6 Å². The molecule has 1 aromatic carbocycles. The number of methoxy groups -OCH3 is 1. The van der Waals surface area contributed by atoms with E-state index in [1.54, 1.807) is 7.11 Å². The molecule has 0 aromatic heterocycles. The molecule has 0 saturated carbocycles. The largest absolute Gasteiger partial charge is 0.497 e. The fourth-order valence-electron chi connectivity index (χ4n) is 2.67. The van der Waals surface area contributed by atoms with Gasteiger partial charge < -0.3 is 15.0 Å². The molecule has 0 aliphatic carbocycles. The molecule has 3 rings (SSSR count). The number of ether oxygens (including phenoxy) is 1. The third-order valence-corrected chi connectivity index (χ3v) is 5.54. The zero-order valence-electron chi connectivity index (χ0n) is 10.4. The van der Waals surface area contributed by atoms with Crippen LogP contribution in [0.25, 0.3) is 0 Å². The average molecular weight is 298 g/mol. The van der Waals surface area contributed by atoms with Gasteiger partial charge in [-0.15, -0.1) is 0 Å². The molecule has 19 heavy (non-hydrogen) atoms. The van der Waals surface area contributed by atoms with E-state index in [1.165, 1.54) is 0 Å². The summed E-state index contributed by atoms with van der Waals surface area (Å²) in [7, 11) is -1.38. The second kappa shape index (κ2) is 4.35. The maximum atomic E-state index is 11.7. The van der Waals surface area contributed by atoms with E-state index in [0.717, 1.165) is 11.4 Å². The fraction of sp³-hybridized carbons (Fsp3) is 0.417. The first kappa shape index (κ1) is 12.7. The lowest BCUT2D eigenvalue weighted by atomic mass is 10.1. The Morgan fingerprint density at radius 3 is 2.95 bits per heavy atom. The molecule has 2 saturated heterocycles. The lowest BCUT2D eigenvalue weighted by Gasteiger charge is -2.23. The van der Waals surface area contributed by atoms with Gasteiger partial charge in [0.25, 0.3) is 0 Å². The first-order chi connectivity index (χ1) is 9.00. The van der Waals surface area contributed by atoms with Gasteiger partial charge in [0, 0.05) is 11.8 Å². The molecule has 0 unspecified atom stereocenters. The van der Waals surface area contributed by atoms with Crippen LogP contribution >= 0.6 is 12.2 Å². The summed E-state index contributed by atoms with van der Waals surface area (Å²) < 4.78 is 28.6. The summed E-state index contributed by atoms with van der Waals surface area (Å²) in [6, 6.07) is 7.26. The van der Waals surface area contributed by atoms with E-state index in [1.807, 2.05) is 29.2 Å². The molecule has 2 atom stereocenters.